The van der Waals surface area contributed by atoms with Crippen LogP contribution in [0.25, 0.3) is 0 Å². The molecular formula is C16H19N3. The minimum Gasteiger partial charge on any atom is -0.384 e. The number of nitrogen functional groups attached to an aromatic ring is 1. The Morgan fingerprint density at radius 1 is 1.21 bits per heavy atom. The molecule has 0 radical (unpaired) electrons. The van der Waals surface area contributed by atoms with Crippen LogP contribution in [0.2, 0.25) is 0 Å². The lowest BCUT2D eigenvalue weighted by Crippen LogP contribution is -2.08. The molecule has 2 rings (SSSR count). The minimum absolute atomic E-state index is 0.573. The Bertz CT molecular complexity index is 645. The zero-order valence-electron chi connectivity index (χ0n) is 11.7. The molecule has 0 bridgehead atoms. The first kappa shape index (κ1) is 13.2. The maximum absolute atomic E-state index is 9.16. The summed E-state index contributed by atoms with van der Waals surface area (Å²) in [6.07, 6.45) is 1.00. The van der Waals surface area contributed by atoms with Crippen LogP contribution < -0.4 is 5.73 Å². The van der Waals surface area contributed by atoms with Gasteiger partial charge < -0.3 is 10.3 Å². The first-order chi connectivity index (χ1) is 9.10. The number of hydrogen-bond acceptors (Lipinski definition) is 2. The maximum atomic E-state index is 9.16. The van der Waals surface area contributed by atoms with Crippen LogP contribution in [0.3, 0.4) is 0 Å². The van der Waals surface area contributed by atoms with Gasteiger partial charge in [-0.15, -0.1) is 0 Å². The summed E-state index contributed by atoms with van der Waals surface area (Å²) in [6.45, 7) is 6.84. The second-order valence-corrected chi connectivity index (χ2v) is 4.79. The van der Waals surface area contributed by atoms with Crippen molar-refractivity contribution in [3.63, 3.8) is 0 Å². The van der Waals surface area contributed by atoms with E-state index in [-0.39, 0.29) is 0 Å². The van der Waals surface area contributed by atoms with E-state index in [0.717, 1.165) is 24.2 Å². The highest BCUT2D eigenvalue weighted by atomic mass is 15.1. The van der Waals surface area contributed by atoms with Gasteiger partial charge in [-0.3, -0.25) is 0 Å². The maximum Gasteiger partial charge on any atom is 0.122 e. The van der Waals surface area contributed by atoms with Crippen molar-refractivity contribution in [1.29, 1.82) is 5.26 Å². The Kier molecular flexibility index (Phi) is 3.62. The minimum atomic E-state index is 0.573. The molecule has 0 spiro atoms. The summed E-state index contributed by atoms with van der Waals surface area (Å²) >= 11 is 0. The van der Waals surface area contributed by atoms with Crippen LogP contribution in [0.15, 0.2) is 24.3 Å². The van der Waals surface area contributed by atoms with Crippen LogP contribution >= 0.6 is 0 Å². The van der Waals surface area contributed by atoms with Gasteiger partial charge in [0.15, 0.2) is 0 Å². The van der Waals surface area contributed by atoms with Crippen LogP contribution in [0, 0.1) is 25.2 Å². The summed E-state index contributed by atoms with van der Waals surface area (Å²) in [5.74, 6) is 0.573. The number of nitriles is 1. The second-order valence-electron chi connectivity index (χ2n) is 4.79. The number of benzene rings is 1. The summed E-state index contributed by atoms with van der Waals surface area (Å²) in [5, 5.41) is 9.16. The molecule has 3 heteroatoms. The molecule has 98 valence electrons. The molecule has 0 fully saturated rings. The lowest BCUT2D eigenvalue weighted by atomic mass is 10.1. The highest BCUT2D eigenvalue weighted by Crippen LogP contribution is 2.25. The first-order valence-corrected chi connectivity index (χ1v) is 6.52. The van der Waals surface area contributed by atoms with Gasteiger partial charge in [-0.05, 0) is 37.0 Å². The van der Waals surface area contributed by atoms with Gasteiger partial charge in [0.05, 0.1) is 5.56 Å². The van der Waals surface area contributed by atoms with Crippen LogP contribution in [-0.2, 0) is 13.0 Å². The normalized spacial score (nSPS) is 10.4. The Morgan fingerprint density at radius 2 is 1.84 bits per heavy atom. The van der Waals surface area contributed by atoms with Crippen molar-refractivity contribution in [2.24, 2.45) is 0 Å². The van der Waals surface area contributed by atoms with Crippen LogP contribution in [0.1, 0.15) is 34.9 Å². The summed E-state index contributed by atoms with van der Waals surface area (Å²) < 4.78 is 2.03. The van der Waals surface area contributed by atoms with E-state index in [1.807, 2.05) is 24.5 Å². The molecule has 0 atom stereocenters. The zero-order chi connectivity index (χ0) is 14.0. The molecule has 0 amide bonds. The predicted molar refractivity (Wildman–Crippen MR) is 78.0 cm³/mol. The molecule has 1 aromatic carbocycles. The van der Waals surface area contributed by atoms with Crippen molar-refractivity contribution < 1.29 is 0 Å². The second kappa shape index (κ2) is 5.19. The molecule has 0 aliphatic rings. The Labute approximate surface area is 114 Å². The third-order valence-corrected chi connectivity index (χ3v) is 3.81. The van der Waals surface area contributed by atoms with E-state index in [4.69, 9.17) is 11.0 Å². The van der Waals surface area contributed by atoms with Gasteiger partial charge in [0.25, 0.3) is 0 Å². The monoisotopic (exact) mass is 253 g/mol. The average Bonchev–Trinajstić information content (AvgIpc) is 2.63. The fourth-order valence-electron chi connectivity index (χ4n) is 2.46. The molecule has 0 unspecified atom stereocenters. The lowest BCUT2D eigenvalue weighted by Gasteiger charge is -2.12. The molecule has 1 heterocycles. The fraction of sp³-hybridized carbons (Fsp3) is 0.312. The number of anilines is 1. The highest BCUT2D eigenvalue weighted by Gasteiger charge is 2.15. The SMILES string of the molecule is CCc1ccccc1Cn1c(C)c(C)c(C#N)c1N. The van der Waals surface area contributed by atoms with Crippen molar-refractivity contribution in [1.82, 2.24) is 4.57 Å². The molecule has 0 saturated carbocycles. The Morgan fingerprint density at radius 3 is 2.37 bits per heavy atom. The summed E-state index contributed by atoms with van der Waals surface area (Å²) in [4.78, 5) is 0. The molecule has 3 nitrogen and oxygen atoms in total. The van der Waals surface area contributed by atoms with E-state index < -0.39 is 0 Å². The van der Waals surface area contributed by atoms with E-state index in [1.54, 1.807) is 0 Å². The number of aryl methyl sites for hydroxylation is 1. The number of rotatable bonds is 3. The largest absolute Gasteiger partial charge is 0.384 e. The van der Waals surface area contributed by atoms with Crippen molar-refractivity contribution in [2.45, 2.75) is 33.7 Å². The van der Waals surface area contributed by atoms with Crippen LogP contribution in [0.5, 0.6) is 0 Å². The van der Waals surface area contributed by atoms with Crippen LogP contribution in [-0.4, -0.2) is 4.57 Å². The molecule has 2 N–H and O–H groups in total. The van der Waals surface area contributed by atoms with Gasteiger partial charge in [0, 0.05) is 12.2 Å². The third kappa shape index (κ3) is 2.22. The van der Waals surface area contributed by atoms with Crippen molar-refractivity contribution in [2.75, 3.05) is 5.73 Å². The third-order valence-electron chi connectivity index (χ3n) is 3.81. The van der Waals surface area contributed by atoms with Gasteiger partial charge in [-0.25, -0.2) is 0 Å². The fourth-order valence-corrected chi connectivity index (χ4v) is 2.46. The number of nitrogens with two attached hydrogens (primary N) is 1. The number of hydrogen-bond donors (Lipinski definition) is 1. The topological polar surface area (TPSA) is 54.7 Å². The quantitative estimate of drug-likeness (QED) is 0.913. The van der Waals surface area contributed by atoms with E-state index in [1.165, 1.54) is 11.1 Å². The molecule has 0 aliphatic heterocycles. The number of aromatic nitrogens is 1. The van der Waals surface area contributed by atoms with Gasteiger partial charge in [-0.2, -0.15) is 5.26 Å². The molecule has 1 aromatic heterocycles. The number of nitrogens with zero attached hydrogens (tertiary/aromatic N) is 2. The van der Waals surface area contributed by atoms with E-state index in [0.29, 0.717) is 11.4 Å². The van der Waals surface area contributed by atoms with Gasteiger partial charge in [0.2, 0.25) is 0 Å². The van der Waals surface area contributed by atoms with Crippen molar-refractivity contribution in [3.8, 4) is 6.07 Å². The summed E-state index contributed by atoms with van der Waals surface area (Å²) in [7, 11) is 0. The summed E-state index contributed by atoms with van der Waals surface area (Å²) in [5.41, 5.74) is 11.3. The zero-order valence-corrected chi connectivity index (χ0v) is 11.7. The van der Waals surface area contributed by atoms with Gasteiger partial charge in [-0.1, -0.05) is 31.2 Å². The first-order valence-electron chi connectivity index (χ1n) is 6.52. The smallest absolute Gasteiger partial charge is 0.122 e. The van der Waals surface area contributed by atoms with Crippen LogP contribution in [0.4, 0.5) is 5.82 Å². The molecular weight excluding hydrogens is 234 g/mol. The van der Waals surface area contributed by atoms with E-state index >= 15 is 0 Å². The molecule has 0 saturated heterocycles. The van der Waals surface area contributed by atoms with Crippen molar-refractivity contribution >= 4 is 5.82 Å². The predicted octanol–water partition coefficient (Wildman–Crippen LogP) is 3.17. The standard InChI is InChI=1S/C16H19N3/c1-4-13-7-5-6-8-14(13)10-19-12(3)11(2)15(9-17)16(19)18/h5-8H,4,10,18H2,1-3H3. The Hall–Kier alpha value is -2.21. The van der Waals surface area contributed by atoms with Gasteiger partial charge in [0.1, 0.15) is 11.9 Å². The van der Waals surface area contributed by atoms with E-state index in [9.17, 15) is 0 Å². The average molecular weight is 253 g/mol. The molecule has 19 heavy (non-hydrogen) atoms. The molecule has 2 aromatic rings. The highest BCUT2D eigenvalue weighted by molar-refractivity contribution is 5.58. The molecule has 0 aliphatic carbocycles. The lowest BCUT2D eigenvalue weighted by molar-refractivity contribution is 0.774. The van der Waals surface area contributed by atoms with E-state index in [2.05, 4.69) is 31.2 Å². The Balaban J connectivity index is 2.48. The van der Waals surface area contributed by atoms with Gasteiger partial charge >= 0.3 is 0 Å². The van der Waals surface area contributed by atoms with Crippen molar-refractivity contribution in [3.05, 3.63) is 52.2 Å². The summed E-state index contributed by atoms with van der Waals surface area (Å²) in [6, 6.07) is 10.6.